The molecule has 3 N–H and O–H groups in total. The molecule has 0 aromatic heterocycles. The lowest BCUT2D eigenvalue weighted by molar-refractivity contribution is -0.0823. The topological polar surface area (TPSA) is 91.8 Å². The van der Waals surface area contributed by atoms with Crippen molar-refractivity contribution < 1.29 is 13.2 Å². The van der Waals surface area contributed by atoms with Crippen molar-refractivity contribution >= 4 is 16.0 Å². The van der Waals surface area contributed by atoms with Crippen LogP contribution < -0.4 is 15.4 Å². The molecule has 1 saturated heterocycles. The minimum atomic E-state index is -3.37. The van der Waals surface area contributed by atoms with Crippen molar-refractivity contribution in [3.63, 3.8) is 0 Å². The van der Waals surface area contributed by atoms with E-state index in [1.54, 1.807) is 0 Å². The average Bonchev–Trinajstić information content (AvgIpc) is 2.71. The quantitative estimate of drug-likeness (QED) is 0.407. The summed E-state index contributed by atoms with van der Waals surface area (Å²) in [5, 5.41) is 6.35. The van der Waals surface area contributed by atoms with E-state index in [9.17, 15) is 8.42 Å². The van der Waals surface area contributed by atoms with Gasteiger partial charge in [-0.1, -0.05) is 51.1 Å². The van der Waals surface area contributed by atoms with Crippen molar-refractivity contribution in [1.29, 1.82) is 0 Å². The second-order valence-electron chi connectivity index (χ2n) is 8.83. The van der Waals surface area contributed by atoms with E-state index in [0.29, 0.717) is 38.1 Å². The molecule has 1 aliphatic rings. The lowest BCUT2D eigenvalue weighted by Gasteiger charge is -2.39. The molecule has 7 nitrogen and oxygen atoms in total. The zero-order valence-corrected chi connectivity index (χ0v) is 19.6. The number of nitrogens with zero attached hydrogens (tertiary/aromatic N) is 1. The molecule has 0 spiro atoms. The zero-order chi connectivity index (χ0) is 22.0. The van der Waals surface area contributed by atoms with E-state index >= 15 is 0 Å². The normalized spacial score (nSPS) is 20.7. The predicted octanol–water partition coefficient (Wildman–Crippen LogP) is 2.50. The Labute approximate surface area is 182 Å². The van der Waals surface area contributed by atoms with Crippen molar-refractivity contribution in [2.24, 2.45) is 16.3 Å². The highest BCUT2D eigenvalue weighted by Gasteiger charge is 2.35. The first-order chi connectivity index (χ1) is 14.2. The minimum absolute atomic E-state index is 0.0125. The lowest BCUT2D eigenvalue weighted by Crippen LogP contribution is -2.43. The summed E-state index contributed by atoms with van der Waals surface area (Å²) in [5.41, 5.74) is 1.01. The van der Waals surface area contributed by atoms with Gasteiger partial charge in [-0.15, -0.1) is 0 Å². The lowest BCUT2D eigenvalue weighted by atomic mass is 9.78. The van der Waals surface area contributed by atoms with Gasteiger partial charge < -0.3 is 15.4 Å². The van der Waals surface area contributed by atoms with Gasteiger partial charge in [0.05, 0.1) is 11.9 Å². The molecule has 0 saturated carbocycles. The van der Waals surface area contributed by atoms with Crippen molar-refractivity contribution in [3.8, 4) is 0 Å². The van der Waals surface area contributed by atoms with Crippen LogP contribution in [0.3, 0.4) is 0 Å². The molecule has 1 aromatic rings. The molecule has 1 aliphatic heterocycles. The van der Waals surface area contributed by atoms with Crippen molar-refractivity contribution in [2.75, 3.05) is 32.0 Å². The van der Waals surface area contributed by atoms with E-state index in [1.165, 1.54) is 0 Å². The number of hydrogen-bond acceptors (Lipinski definition) is 4. The molecule has 2 unspecified atom stereocenters. The number of nitrogens with one attached hydrogen (secondary N) is 3. The van der Waals surface area contributed by atoms with E-state index in [-0.39, 0.29) is 17.3 Å². The molecular formula is C22H38N4O3S. The van der Waals surface area contributed by atoms with Gasteiger partial charge in [-0.25, -0.2) is 13.1 Å². The summed E-state index contributed by atoms with van der Waals surface area (Å²) in [5.74, 6) is 1.00. The van der Waals surface area contributed by atoms with Crippen LogP contribution in [0.2, 0.25) is 0 Å². The third-order valence-corrected chi connectivity index (χ3v) is 6.45. The maximum atomic E-state index is 12.3. The number of benzene rings is 1. The number of hydrogen-bond donors (Lipinski definition) is 3. The highest BCUT2D eigenvalue weighted by Crippen LogP contribution is 2.34. The van der Waals surface area contributed by atoms with Gasteiger partial charge >= 0.3 is 0 Å². The molecule has 0 radical (unpaired) electrons. The molecule has 0 amide bonds. The van der Waals surface area contributed by atoms with Crippen LogP contribution in [-0.4, -0.2) is 52.5 Å². The Balaban J connectivity index is 1.85. The fourth-order valence-corrected chi connectivity index (χ4v) is 4.60. The molecule has 2 rings (SSSR count). The van der Waals surface area contributed by atoms with Crippen LogP contribution in [0.25, 0.3) is 0 Å². The first-order valence-corrected chi connectivity index (χ1v) is 12.5. The Morgan fingerprint density at radius 2 is 1.93 bits per heavy atom. The summed E-state index contributed by atoms with van der Waals surface area (Å²) in [6.45, 7) is 11.4. The summed E-state index contributed by atoms with van der Waals surface area (Å²) in [6, 6.07) is 9.50. The van der Waals surface area contributed by atoms with Gasteiger partial charge in [-0.05, 0) is 30.7 Å². The van der Waals surface area contributed by atoms with Crippen molar-refractivity contribution in [1.82, 2.24) is 15.4 Å². The highest BCUT2D eigenvalue weighted by molar-refractivity contribution is 7.89. The Morgan fingerprint density at radius 1 is 1.20 bits per heavy atom. The Kier molecular flexibility index (Phi) is 9.58. The fourth-order valence-electron chi connectivity index (χ4n) is 3.70. The van der Waals surface area contributed by atoms with E-state index in [1.807, 2.05) is 37.3 Å². The van der Waals surface area contributed by atoms with Crippen molar-refractivity contribution in [3.05, 3.63) is 35.9 Å². The molecule has 30 heavy (non-hydrogen) atoms. The minimum Gasteiger partial charge on any atom is -0.377 e. The second-order valence-corrected chi connectivity index (χ2v) is 10.8. The maximum absolute atomic E-state index is 12.3. The van der Waals surface area contributed by atoms with Gasteiger partial charge in [0.1, 0.15) is 0 Å². The van der Waals surface area contributed by atoms with E-state index in [4.69, 9.17) is 9.73 Å². The van der Waals surface area contributed by atoms with Gasteiger partial charge in [0.2, 0.25) is 10.0 Å². The molecule has 8 heteroatoms. The van der Waals surface area contributed by atoms with Gasteiger partial charge in [0.25, 0.3) is 0 Å². The smallest absolute Gasteiger partial charge is 0.213 e. The van der Waals surface area contributed by atoms with Crippen LogP contribution in [-0.2, 0) is 21.3 Å². The summed E-state index contributed by atoms with van der Waals surface area (Å²) in [7, 11) is -3.37. The van der Waals surface area contributed by atoms with Crippen LogP contribution in [0, 0.1) is 11.3 Å². The summed E-state index contributed by atoms with van der Waals surface area (Å²) in [6.07, 6.45) is 2.34. The van der Waals surface area contributed by atoms with E-state index in [0.717, 1.165) is 25.0 Å². The third-order valence-electron chi connectivity index (χ3n) is 5.13. The van der Waals surface area contributed by atoms with Gasteiger partial charge in [-0.2, -0.15) is 0 Å². The Morgan fingerprint density at radius 3 is 2.60 bits per heavy atom. The molecule has 1 heterocycles. The van der Waals surface area contributed by atoms with Crippen LogP contribution in [0.15, 0.2) is 35.3 Å². The Bertz CT molecular complexity index is 760. The molecule has 0 aliphatic carbocycles. The van der Waals surface area contributed by atoms with Crippen LogP contribution >= 0.6 is 0 Å². The molecule has 2 atom stereocenters. The van der Waals surface area contributed by atoms with Crippen LogP contribution in [0.1, 0.15) is 46.1 Å². The number of rotatable bonds is 9. The summed E-state index contributed by atoms with van der Waals surface area (Å²) >= 11 is 0. The number of ether oxygens (including phenoxy) is 1. The average molecular weight is 439 g/mol. The number of sulfonamides is 1. The molecule has 170 valence electrons. The largest absolute Gasteiger partial charge is 0.377 e. The first-order valence-electron chi connectivity index (χ1n) is 10.9. The standard InChI is InChI=1S/C22H38N4O3S/c1-5-23-21(25-17-19-12-9-14-29-20(19)22(2,3)4)24-13-15-30(27,28)26-16-18-10-7-6-8-11-18/h6-8,10-11,19-20,26H,5,9,12-17H2,1-4H3,(H2,23,24,25). The zero-order valence-electron chi connectivity index (χ0n) is 18.8. The summed E-state index contributed by atoms with van der Waals surface area (Å²) in [4.78, 5) is 4.71. The molecular weight excluding hydrogens is 400 g/mol. The molecule has 1 aromatic carbocycles. The van der Waals surface area contributed by atoms with Gasteiger partial charge in [-0.3, -0.25) is 4.99 Å². The van der Waals surface area contributed by atoms with Crippen LogP contribution in [0.5, 0.6) is 0 Å². The van der Waals surface area contributed by atoms with Gasteiger partial charge in [0, 0.05) is 38.7 Å². The SMILES string of the molecule is CCNC(=NCC1CCCOC1C(C)(C)C)NCCS(=O)(=O)NCc1ccccc1. The summed E-state index contributed by atoms with van der Waals surface area (Å²) < 4.78 is 33.2. The second kappa shape index (κ2) is 11.7. The predicted molar refractivity (Wildman–Crippen MR) is 123 cm³/mol. The highest BCUT2D eigenvalue weighted by atomic mass is 32.2. The van der Waals surface area contributed by atoms with E-state index in [2.05, 4.69) is 36.1 Å². The van der Waals surface area contributed by atoms with E-state index < -0.39 is 10.0 Å². The maximum Gasteiger partial charge on any atom is 0.213 e. The first kappa shape index (κ1) is 24.6. The van der Waals surface area contributed by atoms with Gasteiger partial charge in [0.15, 0.2) is 5.96 Å². The number of aliphatic imine (C=N–C) groups is 1. The number of guanidine groups is 1. The Hall–Kier alpha value is -1.64. The van der Waals surface area contributed by atoms with Crippen molar-refractivity contribution in [2.45, 2.75) is 53.2 Å². The van der Waals surface area contributed by atoms with Crippen LogP contribution in [0.4, 0.5) is 0 Å². The molecule has 0 bridgehead atoms. The third kappa shape index (κ3) is 8.62. The molecule has 1 fully saturated rings. The monoisotopic (exact) mass is 438 g/mol. The fraction of sp³-hybridized carbons (Fsp3) is 0.682.